The number of benzene rings is 2. The number of halogens is 3. The normalized spacial score (nSPS) is 13.5. The van der Waals surface area contributed by atoms with Gasteiger partial charge in [-0.2, -0.15) is 18.2 Å². The Labute approximate surface area is 191 Å². The average Bonchev–Trinajstić information content (AvgIpc) is 3.47. The second-order valence-electron chi connectivity index (χ2n) is 7.53. The molecule has 176 valence electrons. The SMILES string of the molecule is CCNC(=O)C(C)(O)c1ccc(-c2noc(-c3onc(-c4ccccc4)c3C(F)(F)F)n2)cc1. The lowest BCUT2D eigenvalue weighted by Crippen LogP contribution is -2.42. The molecule has 2 N–H and O–H groups in total. The topological polar surface area (TPSA) is 114 Å². The van der Waals surface area contributed by atoms with Crippen molar-refractivity contribution in [3.8, 4) is 34.3 Å². The van der Waals surface area contributed by atoms with Crippen LogP contribution in [0.1, 0.15) is 25.0 Å². The zero-order valence-corrected chi connectivity index (χ0v) is 18.1. The first kappa shape index (κ1) is 23.2. The van der Waals surface area contributed by atoms with Crippen LogP contribution in [0.25, 0.3) is 34.3 Å². The molecule has 0 fully saturated rings. The van der Waals surface area contributed by atoms with Gasteiger partial charge in [0.1, 0.15) is 11.3 Å². The van der Waals surface area contributed by atoms with Gasteiger partial charge in [-0.25, -0.2) is 0 Å². The van der Waals surface area contributed by atoms with Crippen LogP contribution in [0.4, 0.5) is 13.2 Å². The number of hydrogen-bond acceptors (Lipinski definition) is 7. The Morgan fingerprint density at radius 2 is 1.68 bits per heavy atom. The lowest BCUT2D eigenvalue weighted by molar-refractivity contribution is -0.139. The van der Waals surface area contributed by atoms with E-state index >= 15 is 0 Å². The molecule has 0 saturated heterocycles. The minimum absolute atomic E-state index is 0.00927. The van der Waals surface area contributed by atoms with Gasteiger partial charge < -0.3 is 19.5 Å². The highest BCUT2D eigenvalue weighted by molar-refractivity contribution is 5.86. The fourth-order valence-electron chi connectivity index (χ4n) is 3.33. The minimum Gasteiger partial charge on any atom is -0.376 e. The highest BCUT2D eigenvalue weighted by Crippen LogP contribution is 2.43. The van der Waals surface area contributed by atoms with E-state index in [-0.39, 0.29) is 17.1 Å². The number of carbonyl (C=O) groups excluding carboxylic acids is 1. The van der Waals surface area contributed by atoms with Crippen LogP contribution in [0.3, 0.4) is 0 Å². The van der Waals surface area contributed by atoms with E-state index in [4.69, 9.17) is 9.05 Å². The van der Waals surface area contributed by atoms with E-state index in [1.54, 1.807) is 25.1 Å². The summed E-state index contributed by atoms with van der Waals surface area (Å²) in [6.45, 7) is 3.44. The monoisotopic (exact) mass is 472 g/mol. The molecule has 0 aliphatic carbocycles. The predicted molar refractivity (Wildman–Crippen MR) is 114 cm³/mol. The third-order valence-electron chi connectivity index (χ3n) is 5.13. The van der Waals surface area contributed by atoms with E-state index in [0.29, 0.717) is 17.7 Å². The van der Waals surface area contributed by atoms with Crippen LogP contribution in [0.5, 0.6) is 0 Å². The lowest BCUT2D eigenvalue weighted by atomic mass is 9.94. The smallest absolute Gasteiger partial charge is 0.376 e. The zero-order valence-electron chi connectivity index (χ0n) is 18.1. The Kier molecular flexibility index (Phi) is 5.96. The number of amides is 1. The van der Waals surface area contributed by atoms with Crippen molar-refractivity contribution in [3.05, 3.63) is 65.7 Å². The van der Waals surface area contributed by atoms with Crippen molar-refractivity contribution in [2.45, 2.75) is 25.6 Å². The van der Waals surface area contributed by atoms with Crippen LogP contribution in [0.2, 0.25) is 0 Å². The molecule has 1 amide bonds. The second kappa shape index (κ2) is 8.75. The van der Waals surface area contributed by atoms with Crippen molar-refractivity contribution in [2.75, 3.05) is 6.54 Å². The number of alkyl halides is 3. The lowest BCUT2D eigenvalue weighted by Gasteiger charge is -2.22. The molecule has 8 nitrogen and oxygen atoms in total. The summed E-state index contributed by atoms with van der Waals surface area (Å²) < 4.78 is 51.7. The summed E-state index contributed by atoms with van der Waals surface area (Å²) in [6.07, 6.45) is -4.79. The molecule has 34 heavy (non-hydrogen) atoms. The standard InChI is InChI=1S/C23H19F3N4O4/c1-3-27-21(31)22(2,32)15-11-9-14(10-12-15)19-28-20(34-30-19)18-16(23(24,25)26)17(29-33-18)13-7-5-4-6-8-13/h4-12,32H,3H2,1-2H3,(H,27,31). The quantitative estimate of drug-likeness (QED) is 0.427. The van der Waals surface area contributed by atoms with E-state index in [0.717, 1.165) is 0 Å². The summed E-state index contributed by atoms with van der Waals surface area (Å²) >= 11 is 0. The van der Waals surface area contributed by atoms with Crippen molar-refractivity contribution in [3.63, 3.8) is 0 Å². The fraction of sp³-hybridized carbons (Fsp3) is 0.217. The van der Waals surface area contributed by atoms with Gasteiger partial charge in [0, 0.05) is 17.7 Å². The minimum atomic E-state index is -4.79. The fourth-order valence-corrected chi connectivity index (χ4v) is 3.33. The van der Waals surface area contributed by atoms with Gasteiger partial charge >= 0.3 is 6.18 Å². The molecule has 4 rings (SSSR count). The first-order chi connectivity index (χ1) is 16.1. The van der Waals surface area contributed by atoms with Crippen LogP contribution in [0, 0.1) is 0 Å². The van der Waals surface area contributed by atoms with Crippen LogP contribution in [-0.4, -0.2) is 32.9 Å². The Bertz CT molecular complexity index is 1300. The Balaban J connectivity index is 1.67. The number of aliphatic hydroxyl groups is 1. The van der Waals surface area contributed by atoms with E-state index in [2.05, 4.69) is 20.6 Å². The average molecular weight is 472 g/mol. The van der Waals surface area contributed by atoms with Gasteiger partial charge in [0.05, 0.1) is 0 Å². The summed E-state index contributed by atoms with van der Waals surface area (Å²) in [5.74, 6) is -1.76. The number of likely N-dealkylation sites (N-methyl/N-ethyl adjacent to an activating group) is 1. The third-order valence-corrected chi connectivity index (χ3v) is 5.13. The number of hydrogen-bond donors (Lipinski definition) is 2. The molecule has 0 aliphatic rings. The van der Waals surface area contributed by atoms with Gasteiger partial charge in [0.15, 0.2) is 5.60 Å². The molecule has 1 atom stereocenters. The first-order valence-electron chi connectivity index (χ1n) is 10.2. The summed E-state index contributed by atoms with van der Waals surface area (Å²) in [5.41, 5.74) is -2.36. The Morgan fingerprint density at radius 1 is 1.00 bits per heavy atom. The van der Waals surface area contributed by atoms with Gasteiger partial charge in [0.25, 0.3) is 11.8 Å². The summed E-state index contributed by atoms with van der Waals surface area (Å²) in [5, 5.41) is 20.4. The maximum absolute atomic E-state index is 13.9. The highest BCUT2D eigenvalue weighted by atomic mass is 19.4. The molecular formula is C23H19F3N4O4. The Morgan fingerprint density at radius 3 is 2.29 bits per heavy atom. The van der Waals surface area contributed by atoms with E-state index in [1.807, 2.05) is 0 Å². The summed E-state index contributed by atoms with van der Waals surface area (Å²) in [6, 6.07) is 13.8. The van der Waals surface area contributed by atoms with Crippen LogP contribution in [-0.2, 0) is 16.6 Å². The number of rotatable bonds is 6. The molecule has 2 heterocycles. The van der Waals surface area contributed by atoms with Crippen molar-refractivity contribution < 1.29 is 32.1 Å². The number of nitrogens with one attached hydrogen (secondary N) is 1. The van der Waals surface area contributed by atoms with E-state index in [9.17, 15) is 23.1 Å². The van der Waals surface area contributed by atoms with Crippen LogP contribution < -0.4 is 5.32 Å². The molecular weight excluding hydrogens is 453 g/mol. The molecule has 0 radical (unpaired) electrons. The van der Waals surface area contributed by atoms with E-state index in [1.165, 1.54) is 43.3 Å². The maximum Gasteiger partial charge on any atom is 0.422 e. The first-order valence-corrected chi connectivity index (χ1v) is 10.2. The molecule has 0 aliphatic heterocycles. The Hall–Kier alpha value is -3.99. The van der Waals surface area contributed by atoms with Gasteiger partial charge in [-0.05, 0) is 19.4 Å². The molecule has 2 aromatic heterocycles. The van der Waals surface area contributed by atoms with Gasteiger partial charge in [-0.1, -0.05) is 64.9 Å². The number of aromatic nitrogens is 3. The molecule has 2 aromatic carbocycles. The van der Waals surface area contributed by atoms with Gasteiger partial charge in [-0.15, -0.1) is 0 Å². The number of carbonyl (C=O) groups is 1. The molecule has 11 heteroatoms. The largest absolute Gasteiger partial charge is 0.422 e. The van der Waals surface area contributed by atoms with Crippen LogP contribution >= 0.6 is 0 Å². The van der Waals surface area contributed by atoms with Crippen molar-refractivity contribution in [2.24, 2.45) is 0 Å². The molecule has 0 bridgehead atoms. The van der Waals surface area contributed by atoms with E-state index < -0.39 is 34.9 Å². The van der Waals surface area contributed by atoms with Crippen molar-refractivity contribution in [1.82, 2.24) is 20.6 Å². The molecule has 1 unspecified atom stereocenters. The third kappa shape index (κ3) is 4.29. The van der Waals surface area contributed by atoms with Crippen molar-refractivity contribution in [1.29, 1.82) is 0 Å². The predicted octanol–water partition coefficient (Wildman–Crippen LogP) is 4.42. The molecule has 4 aromatic rings. The summed E-state index contributed by atoms with van der Waals surface area (Å²) in [4.78, 5) is 16.1. The highest BCUT2D eigenvalue weighted by Gasteiger charge is 2.43. The second-order valence-corrected chi connectivity index (χ2v) is 7.53. The van der Waals surface area contributed by atoms with Crippen LogP contribution in [0.15, 0.2) is 63.6 Å². The number of nitrogens with zero attached hydrogens (tertiary/aromatic N) is 3. The zero-order chi connectivity index (χ0) is 24.5. The summed E-state index contributed by atoms with van der Waals surface area (Å²) in [7, 11) is 0. The van der Waals surface area contributed by atoms with Crippen molar-refractivity contribution >= 4 is 5.91 Å². The van der Waals surface area contributed by atoms with Gasteiger partial charge in [-0.3, -0.25) is 4.79 Å². The van der Waals surface area contributed by atoms with Gasteiger partial charge in [0.2, 0.25) is 11.6 Å². The molecule has 0 spiro atoms. The molecule has 0 saturated carbocycles. The maximum atomic E-state index is 13.9.